The zero-order valence-electron chi connectivity index (χ0n) is 12.3. The van der Waals surface area contributed by atoms with Crippen LogP contribution >= 0.6 is 0 Å². The predicted molar refractivity (Wildman–Crippen MR) is 80.4 cm³/mol. The van der Waals surface area contributed by atoms with Gasteiger partial charge in [0.1, 0.15) is 0 Å². The summed E-state index contributed by atoms with van der Waals surface area (Å²) in [7, 11) is 0. The number of nitrogens with one attached hydrogen (secondary N) is 1. The summed E-state index contributed by atoms with van der Waals surface area (Å²) < 4.78 is 7.03. The molecule has 1 saturated heterocycles. The van der Waals surface area contributed by atoms with Gasteiger partial charge in [-0.3, -0.25) is 4.79 Å². The summed E-state index contributed by atoms with van der Waals surface area (Å²) in [6.07, 6.45) is 2.43. The highest BCUT2D eigenvalue weighted by Gasteiger charge is 2.18. The fourth-order valence-corrected chi connectivity index (χ4v) is 2.71. The third-order valence-electron chi connectivity index (χ3n) is 3.86. The summed E-state index contributed by atoms with van der Waals surface area (Å²) in [5.41, 5.74) is 4.19. The van der Waals surface area contributed by atoms with E-state index in [1.807, 2.05) is 24.3 Å². The Kier molecular flexibility index (Phi) is 3.60. The molecule has 4 rings (SSSR count). The Balaban J connectivity index is 1.64. The number of rotatable bonds is 3. The minimum absolute atomic E-state index is 0.346. The molecule has 1 fully saturated rings. The van der Waals surface area contributed by atoms with Gasteiger partial charge in [0.15, 0.2) is 11.9 Å². The number of aromatic nitrogens is 4. The molecule has 118 valence electrons. The lowest BCUT2D eigenvalue weighted by atomic mass is 10.1. The number of amides is 1. The number of carbonyl (C=O) groups excluding carboxylic acids is 1. The number of nitrogens with zero attached hydrogens (tertiary/aromatic N) is 4. The van der Waals surface area contributed by atoms with Gasteiger partial charge in [-0.2, -0.15) is 4.52 Å². The number of hydrogen-bond acceptors (Lipinski definition) is 6. The molecule has 3 heterocycles. The first kappa shape index (κ1) is 14.0. The summed E-state index contributed by atoms with van der Waals surface area (Å²) in [6.45, 7) is 0.654. The Bertz CT molecular complexity index is 857. The molecule has 3 aromatic rings. The predicted octanol–water partition coefficient (Wildman–Crippen LogP) is 1.47. The minimum Gasteiger partial charge on any atom is -0.350 e. The van der Waals surface area contributed by atoms with Gasteiger partial charge in [-0.25, -0.2) is 10.3 Å². The van der Waals surface area contributed by atoms with E-state index in [0.717, 1.165) is 30.2 Å². The van der Waals surface area contributed by atoms with Crippen LogP contribution in [0.15, 0.2) is 30.3 Å². The third kappa shape index (κ3) is 2.62. The molecular formula is C15H15N5O3. The molecule has 1 aromatic carbocycles. The van der Waals surface area contributed by atoms with Crippen LogP contribution in [-0.4, -0.2) is 38.8 Å². The van der Waals surface area contributed by atoms with Crippen molar-refractivity contribution in [3.63, 3.8) is 0 Å². The van der Waals surface area contributed by atoms with Crippen molar-refractivity contribution in [1.29, 1.82) is 0 Å². The van der Waals surface area contributed by atoms with Crippen LogP contribution in [0.2, 0.25) is 0 Å². The smallest absolute Gasteiger partial charge is 0.275 e. The van der Waals surface area contributed by atoms with Crippen molar-refractivity contribution in [2.45, 2.75) is 25.6 Å². The number of pyridine rings is 1. The number of para-hydroxylation sites is 1. The molecule has 1 N–H and O–H groups in total. The first-order valence-corrected chi connectivity index (χ1v) is 7.50. The molecule has 0 saturated carbocycles. The van der Waals surface area contributed by atoms with Crippen LogP contribution in [0.1, 0.15) is 29.6 Å². The summed E-state index contributed by atoms with van der Waals surface area (Å²) in [5.74, 6) is -0.346. The molecule has 8 nitrogen and oxygen atoms in total. The van der Waals surface area contributed by atoms with E-state index in [9.17, 15) is 4.79 Å². The molecule has 1 unspecified atom stereocenters. The number of ether oxygens (including phenoxy) is 1. The van der Waals surface area contributed by atoms with Gasteiger partial charge in [-0.15, -0.1) is 5.10 Å². The van der Waals surface area contributed by atoms with Crippen molar-refractivity contribution in [2.24, 2.45) is 0 Å². The van der Waals surface area contributed by atoms with Crippen LogP contribution in [0.4, 0.5) is 0 Å². The fourth-order valence-electron chi connectivity index (χ4n) is 2.71. The van der Waals surface area contributed by atoms with Gasteiger partial charge in [-0.05, 0) is 35.4 Å². The van der Waals surface area contributed by atoms with Crippen molar-refractivity contribution >= 4 is 22.5 Å². The van der Waals surface area contributed by atoms with Gasteiger partial charge in [0, 0.05) is 18.4 Å². The van der Waals surface area contributed by atoms with Gasteiger partial charge in [0.2, 0.25) is 0 Å². The van der Waals surface area contributed by atoms with E-state index in [1.165, 1.54) is 0 Å². The Labute approximate surface area is 131 Å². The second kappa shape index (κ2) is 5.90. The summed E-state index contributed by atoms with van der Waals surface area (Å²) >= 11 is 0. The van der Waals surface area contributed by atoms with E-state index in [1.54, 1.807) is 10.6 Å². The van der Waals surface area contributed by atoms with E-state index in [2.05, 4.69) is 21.0 Å². The molecule has 0 aliphatic carbocycles. The number of hydrogen-bond donors (Lipinski definition) is 1. The quantitative estimate of drug-likeness (QED) is 0.736. The second-order valence-electron chi connectivity index (χ2n) is 5.37. The number of benzene rings is 1. The van der Waals surface area contributed by atoms with Gasteiger partial charge in [-0.1, -0.05) is 18.2 Å². The number of tetrazole rings is 1. The van der Waals surface area contributed by atoms with Crippen LogP contribution in [0, 0.1) is 0 Å². The number of carbonyl (C=O) groups is 1. The van der Waals surface area contributed by atoms with Crippen LogP contribution < -0.4 is 5.48 Å². The standard InChI is InChI=1S/C15H15N5O3/c21-15(17-23-14-7-3-4-8-22-14)11-9-13-16-18-19-20(13)12-6-2-1-5-10(11)12/h1-2,5-6,9,14H,3-4,7-8H2,(H,17,21). The maximum Gasteiger partial charge on any atom is 0.275 e. The summed E-state index contributed by atoms with van der Waals surface area (Å²) in [6, 6.07) is 9.09. The highest BCUT2D eigenvalue weighted by Crippen LogP contribution is 2.20. The molecule has 2 aromatic heterocycles. The van der Waals surface area contributed by atoms with Crippen LogP contribution in [0.25, 0.3) is 16.6 Å². The lowest BCUT2D eigenvalue weighted by Crippen LogP contribution is -2.33. The van der Waals surface area contributed by atoms with E-state index in [-0.39, 0.29) is 5.91 Å². The lowest BCUT2D eigenvalue weighted by molar-refractivity contribution is -0.186. The van der Waals surface area contributed by atoms with Crippen molar-refractivity contribution in [3.8, 4) is 0 Å². The Morgan fingerprint density at radius 2 is 2.26 bits per heavy atom. The number of hydroxylamine groups is 1. The number of fused-ring (bicyclic) bond motifs is 3. The topological polar surface area (TPSA) is 90.6 Å². The maximum atomic E-state index is 12.5. The Hall–Kier alpha value is -2.58. The Morgan fingerprint density at radius 1 is 1.35 bits per heavy atom. The van der Waals surface area contributed by atoms with Crippen molar-refractivity contribution < 1.29 is 14.4 Å². The molecule has 1 atom stereocenters. The van der Waals surface area contributed by atoms with Gasteiger partial charge >= 0.3 is 0 Å². The van der Waals surface area contributed by atoms with E-state index < -0.39 is 6.29 Å². The van der Waals surface area contributed by atoms with Gasteiger partial charge < -0.3 is 4.74 Å². The zero-order chi connectivity index (χ0) is 15.6. The van der Waals surface area contributed by atoms with E-state index in [0.29, 0.717) is 17.8 Å². The van der Waals surface area contributed by atoms with Crippen LogP contribution in [-0.2, 0) is 9.57 Å². The summed E-state index contributed by atoms with van der Waals surface area (Å²) in [4.78, 5) is 17.9. The monoisotopic (exact) mass is 313 g/mol. The molecular weight excluding hydrogens is 298 g/mol. The van der Waals surface area contributed by atoms with E-state index in [4.69, 9.17) is 9.57 Å². The molecule has 1 amide bonds. The molecule has 23 heavy (non-hydrogen) atoms. The minimum atomic E-state index is -0.391. The van der Waals surface area contributed by atoms with E-state index >= 15 is 0 Å². The van der Waals surface area contributed by atoms with Crippen molar-refractivity contribution in [2.75, 3.05) is 6.61 Å². The highest BCUT2D eigenvalue weighted by molar-refractivity contribution is 6.06. The molecule has 1 aliphatic heterocycles. The normalized spacial score (nSPS) is 18.3. The second-order valence-corrected chi connectivity index (χ2v) is 5.37. The van der Waals surface area contributed by atoms with Crippen LogP contribution in [0.5, 0.6) is 0 Å². The molecule has 8 heteroatoms. The van der Waals surface area contributed by atoms with Gasteiger partial charge in [0.05, 0.1) is 11.1 Å². The first-order chi connectivity index (χ1) is 11.3. The molecule has 0 radical (unpaired) electrons. The van der Waals surface area contributed by atoms with Crippen molar-refractivity contribution in [3.05, 3.63) is 35.9 Å². The lowest BCUT2D eigenvalue weighted by Gasteiger charge is -2.22. The molecule has 0 bridgehead atoms. The average molecular weight is 313 g/mol. The third-order valence-corrected chi connectivity index (χ3v) is 3.86. The Morgan fingerprint density at radius 3 is 3.13 bits per heavy atom. The first-order valence-electron chi connectivity index (χ1n) is 7.50. The fraction of sp³-hybridized carbons (Fsp3) is 0.333. The highest BCUT2D eigenvalue weighted by atomic mass is 16.8. The largest absolute Gasteiger partial charge is 0.350 e. The molecule has 0 spiro atoms. The average Bonchev–Trinajstić information content (AvgIpc) is 3.09. The summed E-state index contributed by atoms with van der Waals surface area (Å²) in [5, 5.41) is 12.3. The van der Waals surface area contributed by atoms with Crippen LogP contribution in [0.3, 0.4) is 0 Å². The molecule has 1 aliphatic rings. The van der Waals surface area contributed by atoms with Crippen molar-refractivity contribution in [1.82, 2.24) is 25.5 Å². The zero-order valence-corrected chi connectivity index (χ0v) is 12.3. The van der Waals surface area contributed by atoms with Gasteiger partial charge in [0.25, 0.3) is 5.91 Å². The maximum absolute atomic E-state index is 12.5. The SMILES string of the molecule is O=C(NOC1CCCCO1)c1cc2nnnn2c2ccccc12.